The molecule has 0 aliphatic heterocycles. The molecule has 0 radical (unpaired) electrons. The summed E-state index contributed by atoms with van der Waals surface area (Å²) < 4.78 is 9.46. The lowest BCUT2D eigenvalue weighted by molar-refractivity contribution is -0.384. The molecule has 7 nitrogen and oxygen atoms in total. The molecule has 118 valence electrons. The van der Waals surface area contributed by atoms with E-state index in [1.165, 1.54) is 24.3 Å². The number of rotatable bonds is 6. The van der Waals surface area contributed by atoms with Crippen LogP contribution in [0.5, 0.6) is 0 Å². The van der Waals surface area contributed by atoms with Gasteiger partial charge in [0, 0.05) is 12.1 Å². The lowest BCUT2D eigenvalue weighted by Crippen LogP contribution is -2.18. The maximum Gasteiger partial charge on any atom is 0.344 e. The number of nitrogens with zero attached hydrogens (tertiary/aromatic N) is 1. The molecule has 0 fully saturated rings. The van der Waals surface area contributed by atoms with Gasteiger partial charge in [0.15, 0.2) is 6.61 Å². The fraction of sp³-hybridized carbons (Fsp3) is 0.286. The number of benzene rings is 1. The van der Waals surface area contributed by atoms with Gasteiger partial charge in [-0.05, 0) is 31.6 Å². The Hall–Kier alpha value is -2.41. The molecule has 0 aliphatic carbocycles. The van der Waals surface area contributed by atoms with Gasteiger partial charge >= 0.3 is 11.9 Å². The molecule has 22 heavy (non-hydrogen) atoms. The first kappa shape index (κ1) is 17.6. The van der Waals surface area contributed by atoms with Gasteiger partial charge < -0.3 is 9.47 Å². The van der Waals surface area contributed by atoms with E-state index in [4.69, 9.17) is 16.3 Å². The van der Waals surface area contributed by atoms with Crippen LogP contribution in [-0.2, 0) is 19.1 Å². The minimum absolute atomic E-state index is 0.00107. The fourth-order valence-corrected chi connectivity index (χ4v) is 1.60. The zero-order valence-electron chi connectivity index (χ0n) is 11.9. The molecule has 0 saturated heterocycles. The van der Waals surface area contributed by atoms with Crippen LogP contribution in [0.2, 0.25) is 5.02 Å². The zero-order valence-corrected chi connectivity index (χ0v) is 12.7. The first-order valence-corrected chi connectivity index (χ1v) is 6.65. The third kappa shape index (κ3) is 5.92. The molecule has 0 atom stereocenters. The molecule has 8 heteroatoms. The van der Waals surface area contributed by atoms with E-state index in [1.54, 1.807) is 13.8 Å². The van der Waals surface area contributed by atoms with E-state index in [2.05, 4.69) is 4.74 Å². The number of halogens is 1. The number of esters is 2. The number of carbonyl (C=O) groups is 2. The highest BCUT2D eigenvalue weighted by atomic mass is 35.5. The normalized spacial score (nSPS) is 10.7. The van der Waals surface area contributed by atoms with Crippen molar-refractivity contribution in [2.24, 2.45) is 0 Å². The summed E-state index contributed by atoms with van der Waals surface area (Å²) in [5.41, 5.74) is 0.135. The first-order chi connectivity index (χ1) is 10.3. The summed E-state index contributed by atoms with van der Waals surface area (Å²) in [7, 11) is 0. The summed E-state index contributed by atoms with van der Waals surface area (Å²) in [5, 5.41) is 10.7. The molecular weight excluding hydrogens is 314 g/mol. The monoisotopic (exact) mass is 327 g/mol. The molecule has 1 rings (SSSR count). The van der Waals surface area contributed by atoms with Gasteiger partial charge in [-0.15, -0.1) is 0 Å². The predicted octanol–water partition coefficient (Wildman–Crippen LogP) is 2.76. The summed E-state index contributed by atoms with van der Waals surface area (Å²) in [5.74, 6) is -1.42. The summed E-state index contributed by atoms with van der Waals surface area (Å²) in [6.45, 7) is 2.85. The standard InChI is InChI=1S/C14H14ClNO6/c1-9(2)22-14(18)8-21-13(17)6-4-10-3-5-11(15)12(7-10)16(19)20/h3-7,9H,8H2,1-2H3/b6-4+. The van der Waals surface area contributed by atoms with E-state index < -0.39 is 23.5 Å². The molecule has 1 aromatic carbocycles. The third-order valence-corrected chi connectivity index (χ3v) is 2.60. The van der Waals surface area contributed by atoms with Gasteiger partial charge in [-0.3, -0.25) is 10.1 Å². The molecule has 0 spiro atoms. The molecular formula is C14H14ClNO6. The quantitative estimate of drug-likeness (QED) is 0.345. The van der Waals surface area contributed by atoms with Crippen LogP contribution in [0.3, 0.4) is 0 Å². The van der Waals surface area contributed by atoms with Gasteiger partial charge in [-0.1, -0.05) is 17.7 Å². The maximum atomic E-state index is 11.4. The van der Waals surface area contributed by atoms with Crippen molar-refractivity contribution in [2.75, 3.05) is 6.61 Å². The highest BCUT2D eigenvalue weighted by molar-refractivity contribution is 6.32. The Bertz CT molecular complexity index is 611. The molecule has 0 saturated carbocycles. The molecule has 0 bridgehead atoms. The minimum atomic E-state index is -0.765. The predicted molar refractivity (Wildman–Crippen MR) is 79.3 cm³/mol. The van der Waals surface area contributed by atoms with Crippen molar-refractivity contribution >= 4 is 35.3 Å². The maximum absolute atomic E-state index is 11.4. The SMILES string of the molecule is CC(C)OC(=O)COC(=O)/C=C/c1ccc(Cl)c([N+](=O)[O-])c1. The second-order valence-corrected chi connectivity index (χ2v) is 4.85. The summed E-state index contributed by atoms with van der Waals surface area (Å²) in [4.78, 5) is 32.7. The van der Waals surface area contributed by atoms with Crippen molar-refractivity contribution in [3.63, 3.8) is 0 Å². The Balaban J connectivity index is 2.61. The van der Waals surface area contributed by atoms with Crippen molar-refractivity contribution < 1.29 is 24.0 Å². The lowest BCUT2D eigenvalue weighted by atomic mass is 10.2. The smallest absolute Gasteiger partial charge is 0.344 e. The number of nitro benzene ring substituents is 1. The molecule has 0 heterocycles. The molecule has 0 amide bonds. The second-order valence-electron chi connectivity index (χ2n) is 4.45. The van der Waals surface area contributed by atoms with E-state index in [0.717, 1.165) is 6.08 Å². The molecule has 0 aliphatic rings. The van der Waals surface area contributed by atoms with Crippen LogP contribution in [0.4, 0.5) is 5.69 Å². The van der Waals surface area contributed by atoms with Gasteiger partial charge in [-0.25, -0.2) is 9.59 Å². The van der Waals surface area contributed by atoms with Crippen molar-refractivity contribution in [3.05, 3.63) is 45.0 Å². The number of hydrogen-bond acceptors (Lipinski definition) is 6. The number of hydrogen-bond donors (Lipinski definition) is 0. The van der Waals surface area contributed by atoms with Crippen LogP contribution >= 0.6 is 11.6 Å². The van der Waals surface area contributed by atoms with Crippen LogP contribution in [0, 0.1) is 10.1 Å². The van der Waals surface area contributed by atoms with Gasteiger partial charge in [0.25, 0.3) is 5.69 Å². The van der Waals surface area contributed by atoms with E-state index in [-0.39, 0.29) is 16.8 Å². The molecule has 0 aromatic heterocycles. The number of nitro groups is 1. The molecule has 0 unspecified atom stereocenters. The average molecular weight is 328 g/mol. The van der Waals surface area contributed by atoms with Gasteiger partial charge in [0.2, 0.25) is 0 Å². The Kier molecular flexibility index (Phi) is 6.52. The summed E-state index contributed by atoms with van der Waals surface area (Å²) in [6.07, 6.45) is 2.08. The minimum Gasteiger partial charge on any atom is -0.460 e. The second kappa shape index (κ2) is 8.14. The van der Waals surface area contributed by atoms with E-state index in [0.29, 0.717) is 5.56 Å². The van der Waals surface area contributed by atoms with Crippen molar-refractivity contribution in [2.45, 2.75) is 20.0 Å². The number of ether oxygens (including phenoxy) is 2. The van der Waals surface area contributed by atoms with Crippen molar-refractivity contribution in [1.29, 1.82) is 0 Å². The zero-order chi connectivity index (χ0) is 16.7. The van der Waals surface area contributed by atoms with Crippen LogP contribution in [0.15, 0.2) is 24.3 Å². The van der Waals surface area contributed by atoms with Gasteiger partial charge in [0.05, 0.1) is 11.0 Å². The van der Waals surface area contributed by atoms with E-state index >= 15 is 0 Å². The van der Waals surface area contributed by atoms with Crippen LogP contribution in [-0.4, -0.2) is 29.6 Å². The largest absolute Gasteiger partial charge is 0.460 e. The van der Waals surface area contributed by atoms with Gasteiger partial charge in [0.1, 0.15) is 5.02 Å². The average Bonchev–Trinajstić information content (AvgIpc) is 2.43. The highest BCUT2D eigenvalue weighted by Gasteiger charge is 2.12. The van der Waals surface area contributed by atoms with Crippen molar-refractivity contribution in [1.82, 2.24) is 0 Å². The van der Waals surface area contributed by atoms with Crippen LogP contribution in [0.1, 0.15) is 19.4 Å². The molecule has 1 aromatic rings. The van der Waals surface area contributed by atoms with Crippen molar-refractivity contribution in [3.8, 4) is 0 Å². The molecule has 0 N–H and O–H groups in total. The van der Waals surface area contributed by atoms with E-state index in [1.807, 2.05) is 0 Å². The Morgan fingerprint density at radius 2 is 2.09 bits per heavy atom. The van der Waals surface area contributed by atoms with Crippen LogP contribution in [0.25, 0.3) is 6.08 Å². The van der Waals surface area contributed by atoms with Gasteiger partial charge in [-0.2, -0.15) is 0 Å². The van der Waals surface area contributed by atoms with Crippen LogP contribution < -0.4 is 0 Å². The Labute approximate surface area is 131 Å². The lowest BCUT2D eigenvalue weighted by Gasteiger charge is -2.07. The van der Waals surface area contributed by atoms with E-state index in [9.17, 15) is 19.7 Å². The number of carbonyl (C=O) groups excluding carboxylic acids is 2. The Morgan fingerprint density at radius 3 is 2.68 bits per heavy atom. The highest BCUT2D eigenvalue weighted by Crippen LogP contribution is 2.25. The third-order valence-electron chi connectivity index (χ3n) is 2.28. The Morgan fingerprint density at radius 1 is 1.41 bits per heavy atom. The topological polar surface area (TPSA) is 95.7 Å². The fourth-order valence-electron chi connectivity index (χ4n) is 1.41. The summed E-state index contributed by atoms with van der Waals surface area (Å²) in [6, 6.07) is 4.08. The summed E-state index contributed by atoms with van der Waals surface area (Å²) >= 11 is 5.67. The first-order valence-electron chi connectivity index (χ1n) is 6.28.